The summed E-state index contributed by atoms with van der Waals surface area (Å²) in [5.74, 6) is 0.852. The third-order valence-electron chi connectivity index (χ3n) is 3.76. The molecule has 0 radical (unpaired) electrons. The van der Waals surface area contributed by atoms with E-state index in [1.54, 1.807) is 0 Å². The van der Waals surface area contributed by atoms with Crippen molar-refractivity contribution in [2.24, 2.45) is 11.3 Å². The maximum absolute atomic E-state index is 11.6. The summed E-state index contributed by atoms with van der Waals surface area (Å²) in [5.41, 5.74) is 0.407. The van der Waals surface area contributed by atoms with Gasteiger partial charge in [0.05, 0.1) is 6.54 Å². The minimum Gasteiger partial charge on any atom is -0.350 e. The van der Waals surface area contributed by atoms with Gasteiger partial charge in [0.15, 0.2) is 0 Å². The number of carbonyl (C=O) groups excluding carboxylic acids is 1. The van der Waals surface area contributed by atoms with E-state index in [2.05, 4.69) is 45.3 Å². The quantitative estimate of drug-likeness (QED) is 0.726. The molecule has 16 heavy (non-hydrogen) atoms. The standard InChI is InChI=1S/C13H26N2O/c1-6-13(4,5)15-11(16)9-14-8-10-7-12(10,2)3/h10,14H,6-9H2,1-5H3,(H,15,16). The van der Waals surface area contributed by atoms with E-state index in [9.17, 15) is 4.79 Å². The summed E-state index contributed by atoms with van der Waals surface area (Å²) < 4.78 is 0. The summed E-state index contributed by atoms with van der Waals surface area (Å²) >= 11 is 0. The first-order valence-electron chi connectivity index (χ1n) is 6.28. The Morgan fingerprint density at radius 2 is 2.00 bits per heavy atom. The van der Waals surface area contributed by atoms with Gasteiger partial charge in [0, 0.05) is 5.54 Å². The van der Waals surface area contributed by atoms with Crippen LogP contribution in [-0.4, -0.2) is 24.5 Å². The molecular formula is C13H26N2O. The fourth-order valence-corrected chi connectivity index (χ4v) is 1.79. The molecule has 3 heteroatoms. The van der Waals surface area contributed by atoms with Gasteiger partial charge in [-0.25, -0.2) is 0 Å². The largest absolute Gasteiger partial charge is 0.350 e. The molecule has 0 bridgehead atoms. The van der Waals surface area contributed by atoms with Crippen LogP contribution in [0.1, 0.15) is 47.5 Å². The molecule has 3 nitrogen and oxygen atoms in total. The van der Waals surface area contributed by atoms with Gasteiger partial charge < -0.3 is 10.6 Å². The molecule has 94 valence electrons. The Kier molecular flexibility index (Phi) is 4.00. The molecule has 0 spiro atoms. The lowest BCUT2D eigenvalue weighted by molar-refractivity contribution is -0.121. The fourth-order valence-electron chi connectivity index (χ4n) is 1.79. The topological polar surface area (TPSA) is 41.1 Å². The van der Waals surface area contributed by atoms with Crippen molar-refractivity contribution < 1.29 is 4.79 Å². The highest BCUT2D eigenvalue weighted by Gasteiger charge is 2.44. The normalized spacial score (nSPS) is 22.9. The average Bonchev–Trinajstić information content (AvgIpc) is 2.73. The number of nitrogens with one attached hydrogen (secondary N) is 2. The van der Waals surface area contributed by atoms with Gasteiger partial charge in [0.2, 0.25) is 5.91 Å². The molecular weight excluding hydrogens is 200 g/mol. The molecule has 0 aliphatic heterocycles. The Hall–Kier alpha value is -0.570. The van der Waals surface area contributed by atoms with Crippen LogP contribution in [0.3, 0.4) is 0 Å². The molecule has 0 aromatic heterocycles. The van der Waals surface area contributed by atoms with Crippen LogP contribution >= 0.6 is 0 Å². The maximum Gasteiger partial charge on any atom is 0.234 e. The van der Waals surface area contributed by atoms with Crippen LogP contribution < -0.4 is 10.6 Å². The number of carbonyl (C=O) groups is 1. The molecule has 1 amide bonds. The van der Waals surface area contributed by atoms with Crippen LogP contribution in [0, 0.1) is 11.3 Å². The van der Waals surface area contributed by atoms with E-state index < -0.39 is 0 Å². The van der Waals surface area contributed by atoms with E-state index in [0.29, 0.717) is 12.0 Å². The van der Waals surface area contributed by atoms with Crippen molar-refractivity contribution in [3.05, 3.63) is 0 Å². The first kappa shape index (κ1) is 13.5. The lowest BCUT2D eigenvalue weighted by atomic mass is 10.0. The summed E-state index contributed by atoms with van der Waals surface area (Å²) in [5, 5.41) is 6.26. The van der Waals surface area contributed by atoms with Crippen molar-refractivity contribution in [2.75, 3.05) is 13.1 Å². The van der Waals surface area contributed by atoms with Crippen LogP contribution in [0.4, 0.5) is 0 Å². The molecule has 1 saturated carbocycles. The molecule has 1 unspecified atom stereocenters. The van der Waals surface area contributed by atoms with Gasteiger partial charge in [-0.1, -0.05) is 20.8 Å². The van der Waals surface area contributed by atoms with Crippen molar-refractivity contribution in [1.29, 1.82) is 0 Å². The third kappa shape index (κ3) is 4.12. The first-order valence-corrected chi connectivity index (χ1v) is 6.28. The van der Waals surface area contributed by atoms with Crippen molar-refractivity contribution >= 4 is 5.91 Å². The summed E-state index contributed by atoms with van der Waals surface area (Å²) in [7, 11) is 0. The maximum atomic E-state index is 11.6. The van der Waals surface area contributed by atoms with Crippen LogP contribution in [0.5, 0.6) is 0 Å². The molecule has 0 aromatic carbocycles. The lowest BCUT2D eigenvalue weighted by Gasteiger charge is -2.24. The van der Waals surface area contributed by atoms with Crippen molar-refractivity contribution in [3.8, 4) is 0 Å². The highest BCUT2D eigenvalue weighted by atomic mass is 16.2. The van der Waals surface area contributed by atoms with Crippen molar-refractivity contribution in [3.63, 3.8) is 0 Å². The van der Waals surface area contributed by atoms with Gasteiger partial charge in [-0.15, -0.1) is 0 Å². The van der Waals surface area contributed by atoms with Crippen LogP contribution in [0.15, 0.2) is 0 Å². The molecule has 0 saturated heterocycles. The zero-order valence-corrected chi connectivity index (χ0v) is 11.3. The number of amides is 1. The van der Waals surface area contributed by atoms with E-state index in [-0.39, 0.29) is 11.4 Å². The van der Waals surface area contributed by atoms with E-state index in [0.717, 1.165) is 18.9 Å². The average molecular weight is 226 g/mol. The smallest absolute Gasteiger partial charge is 0.234 e. The van der Waals surface area contributed by atoms with Crippen molar-refractivity contribution in [1.82, 2.24) is 10.6 Å². The van der Waals surface area contributed by atoms with Gasteiger partial charge in [0.1, 0.15) is 0 Å². The Bertz CT molecular complexity index is 259. The fraction of sp³-hybridized carbons (Fsp3) is 0.923. The lowest BCUT2D eigenvalue weighted by Crippen LogP contribution is -2.46. The summed E-state index contributed by atoms with van der Waals surface area (Å²) in [6.45, 7) is 12.1. The predicted molar refractivity (Wildman–Crippen MR) is 67.3 cm³/mol. The number of hydrogen-bond acceptors (Lipinski definition) is 2. The zero-order valence-electron chi connectivity index (χ0n) is 11.3. The minimum atomic E-state index is -0.0857. The number of hydrogen-bond donors (Lipinski definition) is 2. The molecule has 1 aliphatic carbocycles. The molecule has 2 N–H and O–H groups in total. The van der Waals surface area contributed by atoms with Crippen LogP contribution in [0.25, 0.3) is 0 Å². The van der Waals surface area contributed by atoms with Crippen LogP contribution in [0.2, 0.25) is 0 Å². The molecule has 0 heterocycles. The zero-order chi connectivity index (χ0) is 12.4. The summed E-state index contributed by atoms with van der Waals surface area (Å²) in [4.78, 5) is 11.6. The van der Waals surface area contributed by atoms with Gasteiger partial charge in [-0.2, -0.15) is 0 Å². The van der Waals surface area contributed by atoms with Gasteiger partial charge in [0.25, 0.3) is 0 Å². The number of rotatable bonds is 6. The van der Waals surface area contributed by atoms with Crippen LogP contribution in [-0.2, 0) is 4.79 Å². The molecule has 1 aliphatic rings. The Morgan fingerprint density at radius 1 is 1.44 bits per heavy atom. The minimum absolute atomic E-state index is 0.0857. The van der Waals surface area contributed by atoms with Gasteiger partial charge in [-0.05, 0) is 44.6 Å². The summed E-state index contributed by atoms with van der Waals surface area (Å²) in [6.07, 6.45) is 2.23. The third-order valence-corrected chi connectivity index (χ3v) is 3.76. The molecule has 1 fully saturated rings. The van der Waals surface area contributed by atoms with E-state index in [4.69, 9.17) is 0 Å². The second-order valence-electron chi connectivity index (χ2n) is 6.31. The Morgan fingerprint density at radius 3 is 2.44 bits per heavy atom. The van der Waals surface area contributed by atoms with E-state index in [1.807, 2.05) is 0 Å². The monoisotopic (exact) mass is 226 g/mol. The second kappa shape index (κ2) is 4.74. The summed E-state index contributed by atoms with van der Waals surface area (Å²) in [6, 6.07) is 0. The van der Waals surface area contributed by atoms with Gasteiger partial charge in [-0.3, -0.25) is 4.79 Å². The molecule has 1 rings (SSSR count). The highest BCUT2D eigenvalue weighted by Crippen LogP contribution is 2.50. The van der Waals surface area contributed by atoms with Crippen molar-refractivity contribution in [2.45, 2.75) is 53.0 Å². The SMILES string of the molecule is CCC(C)(C)NC(=O)CNCC1CC1(C)C. The van der Waals surface area contributed by atoms with Gasteiger partial charge >= 0.3 is 0 Å². The Balaban J connectivity index is 2.12. The second-order valence-corrected chi connectivity index (χ2v) is 6.31. The highest BCUT2D eigenvalue weighted by molar-refractivity contribution is 5.78. The first-order chi connectivity index (χ1) is 7.27. The predicted octanol–water partition coefficient (Wildman–Crippen LogP) is 1.93. The molecule has 0 aromatic rings. The molecule has 1 atom stereocenters. The van der Waals surface area contributed by atoms with E-state index >= 15 is 0 Å². The van der Waals surface area contributed by atoms with E-state index in [1.165, 1.54) is 6.42 Å². The Labute approximate surface area is 99.4 Å².